The Hall–Kier alpha value is -1.32. The van der Waals surface area contributed by atoms with E-state index in [0.717, 1.165) is 16.4 Å². The Morgan fingerprint density at radius 3 is 2.82 bits per heavy atom. The molecule has 0 saturated heterocycles. The van der Waals surface area contributed by atoms with Gasteiger partial charge in [-0.25, -0.2) is 4.68 Å². The fourth-order valence-electron chi connectivity index (χ4n) is 0.844. The van der Waals surface area contributed by atoms with Crippen molar-refractivity contribution in [2.45, 2.75) is 24.3 Å². The fraction of sp³-hybridized carbons (Fsp3) is 0.714. The van der Waals surface area contributed by atoms with E-state index in [1.165, 1.54) is 7.11 Å². The van der Waals surface area contributed by atoms with E-state index in [9.17, 15) is 18.0 Å². The normalized spacial score (nSPS) is 11.5. The first-order valence-corrected chi connectivity index (χ1v) is 5.43. The Morgan fingerprint density at radius 1 is 1.53 bits per heavy atom. The minimum absolute atomic E-state index is 0.152. The number of methoxy groups -OCH3 is 1. The van der Waals surface area contributed by atoms with Crippen molar-refractivity contribution >= 4 is 17.7 Å². The lowest BCUT2D eigenvalue weighted by Gasteiger charge is -2.05. The highest BCUT2D eigenvalue weighted by Crippen LogP contribution is 2.24. The van der Waals surface area contributed by atoms with Gasteiger partial charge in [0.15, 0.2) is 0 Å². The van der Waals surface area contributed by atoms with Gasteiger partial charge in [0.1, 0.15) is 6.54 Å². The predicted molar refractivity (Wildman–Crippen MR) is 51.2 cm³/mol. The van der Waals surface area contributed by atoms with Gasteiger partial charge in [-0.15, -0.1) is 5.10 Å². The smallest absolute Gasteiger partial charge is 0.389 e. The molecule has 17 heavy (non-hydrogen) atoms. The molecule has 1 heterocycles. The van der Waals surface area contributed by atoms with Crippen LogP contribution >= 0.6 is 11.8 Å². The van der Waals surface area contributed by atoms with Gasteiger partial charge < -0.3 is 4.74 Å². The van der Waals surface area contributed by atoms with Gasteiger partial charge in [0.25, 0.3) is 0 Å². The largest absolute Gasteiger partial charge is 0.468 e. The Bertz CT molecular complexity index is 381. The molecule has 0 radical (unpaired) electrons. The molecule has 0 spiro atoms. The fourth-order valence-corrected chi connectivity index (χ4v) is 1.70. The highest BCUT2D eigenvalue weighted by atomic mass is 32.2. The van der Waals surface area contributed by atoms with Crippen LogP contribution in [0.3, 0.4) is 0 Å². The van der Waals surface area contributed by atoms with Gasteiger partial charge in [0.2, 0.25) is 5.16 Å². The summed E-state index contributed by atoms with van der Waals surface area (Å²) in [6.07, 6.45) is -5.16. The van der Waals surface area contributed by atoms with Crippen molar-refractivity contribution < 1.29 is 22.7 Å². The van der Waals surface area contributed by atoms with Crippen molar-refractivity contribution in [2.75, 3.05) is 12.9 Å². The minimum atomic E-state index is -4.21. The zero-order valence-corrected chi connectivity index (χ0v) is 9.59. The van der Waals surface area contributed by atoms with Gasteiger partial charge in [0.05, 0.1) is 13.5 Å². The second-order valence-electron chi connectivity index (χ2n) is 2.91. The third kappa shape index (κ3) is 5.02. The van der Waals surface area contributed by atoms with E-state index >= 15 is 0 Å². The summed E-state index contributed by atoms with van der Waals surface area (Å²) in [6, 6.07) is 0. The molecule has 0 aliphatic carbocycles. The summed E-state index contributed by atoms with van der Waals surface area (Å²) < 4.78 is 41.2. The van der Waals surface area contributed by atoms with Crippen molar-refractivity contribution in [2.24, 2.45) is 0 Å². The number of tetrazole rings is 1. The number of esters is 1. The number of hydrogen-bond acceptors (Lipinski definition) is 6. The molecule has 0 N–H and O–H groups in total. The molecule has 0 aromatic carbocycles. The van der Waals surface area contributed by atoms with Crippen LogP contribution in [0.25, 0.3) is 0 Å². The topological polar surface area (TPSA) is 69.9 Å². The number of thioether (sulfide) groups is 1. The number of aromatic nitrogens is 4. The average molecular weight is 270 g/mol. The lowest BCUT2D eigenvalue weighted by Crippen LogP contribution is -2.14. The zero-order valence-electron chi connectivity index (χ0n) is 8.77. The lowest BCUT2D eigenvalue weighted by atomic mass is 10.5. The maximum atomic E-state index is 11.9. The van der Waals surface area contributed by atoms with Crippen LogP contribution < -0.4 is 0 Å². The summed E-state index contributed by atoms with van der Waals surface area (Å²) in [6.45, 7) is -0.224. The third-order valence-corrected chi connectivity index (χ3v) is 2.58. The summed E-state index contributed by atoms with van der Waals surface area (Å²) in [5.41, 5.74) is 0. The molecule has 96 valence electrons. The van der Waals surface area contributed by atoms with E-state index in [0.29, 0.717) is 0 Å². The van der Waals surface area contributed by atoms with Gasteiger partial charge in [-0.05, 0) is 10.4 Å². The van der Waals surface area contributed by atoms with E-state index < -0.39 is 18.6 Å². The molecule has 0 saturated carbocycles. The molecule has 0 unspecified atom stereocenters. The third-order valence-electron chi connectivity index (χ3n) is 1.62. The molecule has 6 nitrogen and oxygen atoms in total. The van der Waals surface area contributed by atoms with E-state index in [-0.39, 0.29) is 17.5 Å². The van der Waals surface area contributed by atoms with Crippen molar-refractivity contribution in [3.63, 3.8) is 0 Å². The van der Waals surface area contributed by atoms with Crippen LogP contribution in [-0.4, -0.2) is 45.2 Å². The van der Waals surface area contributed by atoms with Crippen LogP contribution in [0.4, 0.5) is 13.2 Å². The van der Waals surface area contributed by atoms with Gasteiger partial charge in [-0.3, -0.25) is 4.79 Å². The number of rotatable bonds is 5. The number of hydrogen-bond donors (Lipinski definition) is 0. The summed E-state index contributed by atoms with van der Waals surface area (Å²) >= 11 is 0.832. The predicted octanol–water partition coefficient (Wildman–Crippen LogP) is 0.891. The minimum Gasteiger partial charge on any atom is -0.468 e. The summed E-state index contributed by atoms with van der Waals surface area (Å²) in [5.74, 6) is -0.777. The van der Waals surface area contributed by atoms with E-state index in [1.807, 2.05) is 0 Å². The van der Waals surface area contributed by atoms with Gasteiger partial charge in [-0.1, -0.05) is 11.8 Å². The molecule has 0 atom stereocenters. The van der Waals surface area contributed by atoms with E-state index in [2.05, 4.69) is 20.3 Å². The van der Waals surface area contributed by atoms with Crippen molar-refractivity contribution in [1.82, 2.24) is 20.2 Å². The van der Waals surface area contributed by atoms with E-state index in [1.54, 1.807) is 0 Å². The highest BCUT2D eigenvalue weighted by Gasteiger charge is 2.26. The van der Waals surface area contributed by atoms with E-state index in [4.69, 9.17) is 0 Å². The second kappa shape index (κ2) is 5.84. The maximum absolute atomic E-state index is 11.9. The van der Waals surface area contributed by atoms with Crippen molar-refractivity contribution in [1.29, 1.82) is 0 Å². The quantitative estimate of drug-likeness (QED) is 0.584. The molecule has 0 bridgehead atoms. The van der Waals surface area contributed by atoms with Crippen molar-refractivity contribution in [3.05, 3.63) is 0 Å². The van der Waals surface area contributed by atoms with Gasteiger partial charge in [-0.2, -0.15) is 13.2 Å². The number of nitrogens with zero attached hydrogens (tertiary/aromatic N) is 4. The first kappa shape index (κ1) is 13.7. The summed E-state index contributed by atoms with van der Waals surface area (Å²) in [5, 5.41) is 10.4. The molecule has 0 amide bonds. The molecule has 0 aliphatic rings. The van der Waals surface area contributed by atoms with Crippen LogP contribution in [0.15, 0.2) is 5.16 Å². The van der Waals surface area contributed by atoms with Gasteiger partial charge >= 0.3 is 12.1 Å². The number of halogens is 3. The zero-order chi connectivity index (χ0) is 12.9. The summed E-state index contributed by atoms with van der Waals surface area (Å²) in [7, 11) is 1.20. The first-order chi connectivity index (χ1) is 7.92. The first-order valence-electron chi connectivity index (χ1n) is 4.45. The van der Waals surface area contributed by atoms with Crippen molar-refractivity contribution in [3.8, 4) is 0 Å². The second-order valence-corrected chi connectivity index (χ2v) is 3.97. The molecule has 0 aliphatic heterocycles. The molecule has 10 heteroatoms. The molecule has 0 fully saturated rings. The standard InChI is InChI=1S/C7H9F3N4O2S/c1-16-5(15)4-14-6(11-12-13-14)17-3-2-7(8,9)10/h2-4H2,1H3. The van der Waals surface area contributed by atoms with Crippen LogP contribution in [-0.2, 0) is 16.1 Å². The molecular formula is C7H9F3N4O2S. The number of ether oxygens (including phenoxy) is 1. The lowest BCUT2D eigenvalue weighted by molar-refractivity contribution is -0.141. The van der Waals surface area contributed by atoms with Crippen LogP contribution in [0.2, 0.25) is 0 Å². The number of alkyl halides is 3. The van der Waals surface area contributed by atoms with Crippen LogP contribution in [0, 0.1) is 0 Å². The monoisotopic (exact) mass is 270 g/mol. The molecule has 1 aromatic heterocycles. The Balaban J connectivity index is 2.49. The average Bonchev–Trinajstić information content (AvgIpc) is 2.64. The Labute approximate surface area is 98.5 Å². The Kier molecular flexibility index (Phi) is 4.73. The molecule has 1 rings (SSSR count). The van der Waals surface area contributed by atoms with Gasteiger partial charge in [0, 0.05) is 5.75 Å². The van der Waals surface area contributed by atoms with Crippen LogP contribution in [0.5, 0.6) is 0 Å². The Morgan fingerprint density at radius 2 is 2.24 bits per heavy atom. The maximum Gasteiger partial charge on any atom is 0.389 e. The molecular weight excluding hydrogens is 261 g/mol. The number of carbonyl (C=O) groups excluding carboxylic acids is 1. The molecule has 1 aromatic rings. The number of carbonyl (C=O) groups is 1. The summed E-state index contributed by atoms with van der Waals surface area (Å²) in [4.78, 5) is 10.9. The van der Waals surface area contributed by atoms with Crippen LogP contribution in [0.1, 0.15) is 6.42 Å². The SMILES string of the molecule is COC(=O)Cn1nnnc1SCCC(F)(F)F. The highest BCUT2D eigenvalue weighted by molar-refractivity contribution is 7.99.